The van der Waals surface area contributed by atoms with Crippen molar-refractivity contribution in [1.29, 1.82) is 0 Å². The van der Waals surface area contributed by atoms with Gasteiger partial charge in [-0.3, -0.25) is 8.97 Å². The molecular weight excluding hydrogens is 392 g/mol. The second-order valence-electron chi connectivity index (χ2n) is 5.96. The van der Waals surface area contributed by atoms with Gasteiger partial charge in [0.05, 0.1) is 45.7 Å². The highest BCUT2D eigenvalue weighted by Gasteiger charge is 2.45. The van der Waals surface area contributed by atoms with E-state index in [4.69, 9.17) is 0 Å². The Hall–Kier alpha value is 0.880. The Bertz CT molecular complexity index is 190. The highest BCUT2D eigenvalue weighted by molar-refractivity contribution is 4.54. The van der Waals surface area contributed by atoms with Gasteiger partial charge in [0.25, 0.3) is 0 Å². The summed E-state index contributed by atoms with van der Waals surface area (Å²) in [6.45, 7) is 24.3. The van der Waals surface area contributed by atoms with Crippen LogP contribution in [0.3, 0.4) is 0 Å². The average Bonchev–Trinajstić information content (AvgIpc) is 2.48. The predicted molar refractivity (Wildman–Crippen MR) is 87.1 cm³/mol. The first-order chi connectivity index (χ1) is 9.06. The number of rotatable bonds is 11. The van der Waals surface area contributed by atoms with Gasteiger partial charge in [0.1, 0.15) is 0 Å². The Labute approximate surface area is 156 Å². The van der Waals surface area contributed by atoms with E-state index in [1.165, 1.54) is 67.5 Å². The first-order valence-electron chi connectivity index (χ1n) is 8.77. The van der Waals surface area contributed by atoms with Crippen molar-refractivity contribution in [3.8, 4) is 0 Å². The number of hydrogen-bond acceptors (Lipinski definition) is 0. The smallest absolute Gasteiger partial charge is 0.216 e. The van der Waals surface area contributed by atoms with E-state index >= 15 is 0 Å². The maximum atomic E-state index is 2.39. The molecule has 0 aliphatic heterocycles. The number of nitrogens with zero attached hydrogens (tertiary/aromatic N) is 2. The van der Waals surface area contributed by atoms with E-state index in [0.717, 1.165) is 6.17 Å². The summed E-state index contributed by atoms with van der Waals surface area (Å²) in [5.74, 6) is 0. The van der Waals surface area contributed by atoms with E-state index < -0.39 is 0 Å². The van der Waals surface area contributed by atoms with Crippen LogP contribution in [0.25, 0.3) is 0 Å². The van der Waals surface area contributed by atoms with Crippen LogP contribution in [-0.4, -0.2) is 54.4 Å². The molecule has 0 aromatic heterocycles. The van der Waals surface area contributed by atoms with Crippen LogP contribution < -0.4 is 34.0 Å². The molecule has 0 spiro atoms. The largest absolute Gasteiger partial charge is 1.00 e. The molecule has 0 aliphatic rings. The van der Waals surface area contributed by atoms with Crippen molar-refractivity contribution in [2.75, 3.05) is 39.3 Å². The number of unbranched alkanes of at least 4 members (excludes halogenated alkanes) is 1. The molecule has 0 fully saturated rings. The Morgan fingerprint density at radius 2 is 0.857 bits per heavy atom. The lowest BCUT2D eigenvalue weighted by Crippen LogP contribution is -3.00. The van der Waals surface area contributed by atoms with Crippen molar-refractivity contribution in [2.24, 2.45) is 0 Å². The molecule has 0 saturated carbocycles. The molecule has 0 saturated heterocycles. The molecule has 2 nitrogen and oxygen atoms in total. The fraction of sp³-hybridized carbons (Fsp3) is 1.00. The van der Waals surface area contributed by atoms with Crippen LogP contribution in [0.1, 0.15) is 67.7 Å². The number of quaternary nitrogens is 2. The van der Waals surface area contributed by atoms with Gasteiger partial charge in [0, 0.05) is 0 Å². The standard InChI is InChI=1S/C17H40N2.2BrH/c1-8-15-16-17(18(9-2,10-3)11-4)19(12-5,13-6)14-7;;/h17H,8-16H2,1-7H3;2*1H/q+2;;/p-2. The van der Waals surface area contributed by atoms with Crippen LogP contribution >= 0.6 is 0 Å². The van der Waals surface area contributed by atoms with Gasteiger partial charge in [-0.2, -0.15) is 0 Å². The van der Waals surface area contributed by atoms with E-state index in [0.29, 0.717) is 0 Å². The Balaban J connectivity index is -0.00000162. The maximum Gasteiger partial charge on any atom is 0.216 e. The minimum absolute atomic E-state index is 0. The van der Waals surface area contributed by atoms with Crippen molar-refractivity contribution in [1.82, 2.24) is 0 Å². The van der Waals surface area contributed by atoms with Gasteiger partial charge < -0.3 is 34.0 Å². The van der Waals surface area contributed by atoms with Crippen molar-refractivity contribution in [3.63, 3.8) is 0 Å². The van der Waals surface area contributed by atoms with Gasteiger partial charge in [-0.15, -0.1) is 0 Å². The molecule has 0 atom stereocenters. The SMILES string of the molecule is CCCCC([N+](CC)(CC)CC)[N+](CC)(CC)CC.[Br-].[Br-]. The van der Waals surface area contributed by atoms with Crippen LogP contribution in [0.4, 0.5) is 0 Å². The Morgan fingerprint density at radius 3 is 1.05 bits per heavy atom. The van der Waals surface area contributed by atoms with Gasteiger partial charge in [-0.25, -0.2) is 0 Å². The van der Waals surface area contributed by atoms with E-state index in [-0.39, 0.29) is 34.0 Å². The summed E-state index contributed by atoms with van der Waals surface area (Å²) in [6.07, 6.45) is 4.89. The minimum Gasteiger partial charge on any atom is -1.00 e. The van der Waals surface area contributed by atoms with E-state index in [1.807, 2.05) is 0 Å². The second kappa shape index (κ2) is 13.3. The molecule has 0 aromatic rings. The summed E-state index contributed by atoms with van der Waals surface area (Å²) in [6, 6.07) is 0. The second-order valence-corrected chi connectivity index (χ2v) is 5.96. The molecule has 0 bridgehead atoms. The summed E-state index contributed by atoms with van der Waals surface area (Å²) in [5.41, 5.74) is 0. The van der Waals surface area contributed by atoms with Crippen LogP contribution in [0, 0.1) is 0 Å². The average molecular weight is 432 g/mol. The molecule has 4 heteroatoms. The Kier molecular flexibility index (Phi) is 17.0. The molecule has 0 N–H and O–H groups in total. The molecule has 0 aromatic carbocycles. The third-order valence-corrected chi connectivity index (χ3v) is 5.86. The fourth-order valence-electron chi connectivity index (χ4n) is 4.06. The fourth-order valence-corrected chi connectivity index (χ4v) is 4.06. The zero-order chi connectivity index (χ0) is 14.9. The third-order valence-electron chi connectivity index (χ3n) is 5.86. The third kappa shape index (κ3) is 6.12. The molecule has 0 unspecified atom stereocenters. The molecule has 132 valence electrons. The van der Waals surface area contributed by atoms with Crippen molar-refractivity contribution >= 4 is 0 Å². The summed E-state index contributed by atoms with van der Waals surface area (Å²) in [5, 5.41) is 0. The zero-order valence-electron chi connectivity index (χ0n) is 15.6. The van der Waals surface area contributed by atoms with Gasteiger partial charge in [0.2, 0.25) is 6.17 Å². The van der Waals surface area contributed by atoms with E-state index in [9.17, 15) is 0 Å². The highest BCUT2D eigenvalue weighted by atomic mass is 79.9. The maximum absolute atomic E-state index is 2.39. The lowest BCUT2D eigenvalue weighted by Gasteiger charge is -2.52. The van der Waals surface area contributed by atoms with Gasteiger partial charge in [-0.05, 0) is 48.0 Å². The van der Waals surface area contributed by atoms with E-state index in [2.05, 4.69) is 48.5 Å². The van der Waals surface area contributed by atoms with Crippen LogP contribution in [0.15, 0.2) is 0 Å². The van der Waals surface area contributed by atoms with Crippen molar-refractivity contribution in [2.45, 2.75) is 73.9 Å². The van der Waals surface area contributed by atoms with Gasteiger partial charge in [-0.1, -0.05) is 13.3 Å². The topological polar surface area (TPSA) is 0 Å². The summed E-state index contributed by atoms with van der Waals surface area (Å²) < 4.78 is 2.60. The van der Waals surface area contributed by atoms with Gasteiger partial charge >= 0.3 is 0 Å². The highest BCUT2D eigenvalue weighted by Crippen LogP contribution is 2.28. The summed E-state index contributed by atoms with van der Waals surface area (Å²) in [4.78, 5) is 0. The first kappa shape index (κ1) is 26.8. The van der Waals surface area contributed by atoms with Crippen LogP contribution in [0.5, 0.6) is 0 Å². The molecule has 0 heterocycles. The van der Waals surface area contributed by atoms with Crippen LogP contribution in [0.2, 0.25) is 0 Å². The quantitative estimate of drug-likeness (QED) is 0.269. The summed E-state index contributed by atoms with van der Waals surface area (Å²) in [7, 11) is 0. The zero-order valence-corrected chi connectivity index (χ0v) is 18.8. The molecule has 0 aliphatic carbocycles. The monoisotopic (exact) mass is 430 g/mol. The predicted octanol–water partition coefficient (Wildman–Crippen LogP) is -1.74. The normalized spacial score (nSPS) is 12.0. The molecule has 0 rings (SSSR count). The molecular formula is C17H40Br2N2. The number of hydrogen-bond donors (Lipinski definition) is 0. The van der Waals surface area contributed by atoms with Crippen molar-refractivity contribution < 1.29 is 42.9 Å². The molecule has 0 radical (unpaired) electrons. The Morgan fingerprint density at radius 1 is 0.571 bits per heavy atom. The van der Waals surface area contributed by atoms with E-state index in [1.54, 1.807) is 0 Å². The van der Waals surface area contributed by atoms with Gasteiger partial charge in [0.15, 0.2) is 0 Å². The summed E-state index contributed by atoms with van der Waals surface area (Å²) >= 11 is 0. The number of halogens is 2. The van der Waals surface area contributed by atoms with Crippen LogP contribution in [-0.2, 0) is 0 Å². The first-order valence-corrected chi connectivity index (χ1v) is 8.77. The molecule has 21 heavy (non-hydrogen) atoms. The van der Waals surface area contributed by atoms with Crippen molar-refractivity contribution in [3.05, 3.63) is 0 Å². The molecule has 0 amide bonds. The lowest BCUT2D eigenvalue weighted by atomic mass is 10.1. The lowest BCUT2D eigenvalue weighted by molar-refractivity contribution is -1.13. The minimum atomic E-state index is 0.